The van der Waals surface area contributed by atoms with Crippen molar-refractivity contribution in [2.45, 2.75) is 50.8 Å². The number of hydrogen-bond donors (Lipinski definition) is 1. The van der Waals surface area contributed by atoms with Crippen molar-refractivity contribution in [3.63, 3.8) is 0 Å². The monoisotopic (exact) mass is 334 g/mol. The summed E-state index contributed by atoms with van der Waals surface area (Å²) in [6.07, 6.45) is 2.76. The van der Waals surface area contributed by atoms with E-state index in [2.05, 4.69) is 23.6 Å². The highest BCUT2D eigenvalue weighted by Gasteiger charge is 2.16. The second kappa shape index (κ2) is 7.13. The van der Waals surface area contributed by atoms with Crippen molar-refractivity contribution in [1.29, 1.82) is 0 Å². The molecule has 0 bridgehead atoms. The number of anilines is 1. The van der Waals surface area contributed by atoms with E-state index in [0.717, 1.165) is 17.5 Å². The number of benzene rings is 1. The summed E-state index contributed by atoms with van der Waals surface area (Å²) in [7, 11) is -3.62. The van der Waals surface area contributed by atoms with Crippen molar-refractivity contribution in [3.05, 3.63) is 53.7 Å². The first-order valence-corrected chi connectivity index (χ1v) is 9.40. The quantitative estimate of drug-likeness (QED) is 0.828. The lowest BCUT2D eigenvalue weighted by molar-refractivity contribution is 0.600. The second-order valence-electron chi connectivity index (χ2n) is 6.12. The van der Waals surface area contributed by atoms with Crippen LogP contribution in [-0.4, -0.2) is 13.4 Å². The minimum Gasteiger partial charge on any atom is -0.263 e. The van der Waals surface area contributed by atoms with Crippen molar-refractivity contribution in [2.75, 3.05) is 4.72 Å². The van der Waals surface area contributed by atoms with Gasteiger partial charge in [0, 0.05) is 7.62 Å². The molecule has 1 aromatic heterocycles. The highest BCUT2D eigenvalue weighted by atomic mass is 32.2. The number of pyridine rings is 1. The largest absolute Gasteiger partial charge is 0.263 e. The fraction of sp³-hybridized carbons (Fsp3) is 0.389. The molecule has 0 radical (unpaired) electrons. The van der Waals surface area contributed by atoms with E-state index in [0.29, 0.717) is 11.7 Å². The molecule has 0 saturated carbocycles. The van der Waals surface area contributed by atoms with Gasteiger partial charge in [0.05, 0.1) is 4.90 Å². The van der Waals surface area contributed by atoms with Gasteiger partial charge in [-0.1, -0.05) is 45.9 Å². The maximum Gasteiger partial charge on any atom is 0.263 e. The molecule has 2 rings (SSSR count). The van der Waals surface area contributed by atoms with Crippen molar-refractivity contribution >= 4 is 15.8 Å². The lowest BCUT2D eigenvalue weighted by Crippen LogP contribution is -2.14. The summed E-state index contributed by atoms with van der Waals surface area (Å²) in [5.41, 5.74) is 2.10. The number of aromatic nitrogens is 1. The number of sulfonamides is 1. The predicted octanol–water partition coefficient (Wildman–Crippen LogP) is 4.77. The van der Waals surface area contributed by atoms with Crippen LogP contribution in [0.2, 0.25) is 0 Å². The van der Waals surface area contributed by atoms with Crippen LogP contribution >= 0.6 is 0 Å². The normalized spacial score (nSPS) is 13.1. The Balaban J connectivity index is 0.00000288. The van der Waals surface area contributed by atoms with Crippen LogP contribution in [0.5, 0.6) is 0 Å². The summed E-state index contributed by atoms with van der Waals surface area (Å²) in [5.74, 6) is 1.03. The Morgan fingerprint density at radius 3 is 2.43 bits per heavy atom. The van der Waals surface area contributed by atoms with E-state index in [1.165, 1.54) is 0 Å². The average molecular weight is 334 g/mol. The second-order valence-corrected chi connectivity index (χ2v) is 7.80. The summed E-state index contributed by atoms with van der Waals surface area (Å²) in [4.78, 5) is 4.49. The van der Waals surface area contributed by atoms with Gasteiger partial charge in [-0.05, 0) is 47.6 Å². The van der Waals surface area contributed by atoms with E-state index in [-0.39, 0.29) is 12.2 Å². The van der Waals surface area contributed by atoms with Gasteiger partial charge in [0.2, 0.25) is 0 Å². The predicted molar refractivity (Wildman–Crippen MR) is 96.4 cm³/mol. The molecule has 0 fully saturated rings. The van der Waals surface area contributed by atoms with Crippen molar-refractivity contribution in [3.8, 4) is 0 Å². The molecule has 0 aliphatic rings. The molecular weight excluding hydrogens is 308 g/mol. The molecule has 0 spiro atoms. The van der Waals surface area contributed by atoms with Gasteiger partial charge in [-0.2, -0.15) is 0 Å². The molecule has 1 N–H and O–H groups in total. The van der Waals surface area contributed by atoms with Crippen LogP contribution in [0.1, 0.15) is 58.5 Å². The zero-order chi connectivity index (χ0) is 17.0. The van der Waals surface area contributed by atoms with Gasteiger partial charge in [0.15, 0.2) is 0 Å². The summed E-state index contributed by atoms with van der Waals surface area (Å²) in [5, 5.41) is 0. The van der Waals surface area contributed by atoms with E-state index in [9.17, 15) is 8.42 Å². The summed E-state index contributed by atoms with van der Waals surface area (Å²) >= 11 is 0. The summed E-state index contributed by atoms with van der Waals surface area (Å²) in [6.45, 7) is 8.31. The van der Waals surface area contributed by atoms with Gasteiger partial charge in [-0.25, -0.2) is 13.4 Å². The van der Waals surface area contributed by atoms with Gasteiger partial charge in [-0.3, -0.25) is 4.72 Å². The fourth-order valence-corrected chi connectivity index (χ4v) is 3.29. The SMILES string of the molecule is CCC(C)c1ccc(NS(=O)(=O)c2cccc(C(C)C)c2)nc1.[HH]. The molecule has 0 amide bonds. The molecule has 23 heavy (non-hydrogen) atoms. The van der Waals surface area contributed by atoms with Crippen LogP contribution in [0.3, 0.4) is 0 Å². The van der Waals surface area contributed by atoms with E-state index in [1.807, 2.05) is 26.0 Å². The third kappa shape index (κ3) is 4.32. The number of nitrogens with zero attached hydrogens (tertiary/aromatic N) is 1. The van der Waals surface area contributed by atoms with Crippen molar-refractivity contribution in [1.82, 2.24) is 4.98 Å². The molecule has 2 aromatic rings. The average Bonchev–Trinajstić information content (AvgIpc) is 2.54. The maximum absolute atomic E-state index is 12.5. The Bertz CT molecular complexity index is 759. The minimum atomic E-state index is -3.62. The van der Waals surface area contributed by atoms with E-state index in [1.54, 1.807) is 30.5 Å². The molecule has 1 heterocycles. The Labute approximate surface area is 140 Å². The smallest absolute Gasteiger partial charge is 0.263 e. The van der Waals surface area contributed by atoms with E-state index in [4.69, 9.17) is 0 Å². The van der Waals surface area contributed by atoms with Gasteiger partial charge in [0.1, 0.15) is 5.82 Å². The third-order valence-corrected chi connectivity index (χ3v) is 5.39. The van der Waals surface area contributed by atoms with E-state index < -0.39 is 10.0 Å². The molecule has 5 heteroatoms. The first-order chi connectivity index (χ1) is 10.8. The van der Waals surface area contributed by atoms with Crippen molar-refractivity contribution in [2.24, 2.45) is 0 Å². The molecule has 0 aliphatic heterocycles. The molecular formula is C18H26N2O2S. The number of nitrogens with one attached hydrogen (secondary N) is 1. The standard InChI is InChI=1S/C18H24N2O2S.H2/c1-5-14(4)16-9-10-18(19-12-16)20-23(21,22)17-8-6-7-15(11-17)13(2)3;/h6-14H,5H2,1-4H3,(H,19,20);1H. The van der Waals surface area contributed by atoms with Crippen LogP contribution in [0.15, 0.2) is 47.5 Å². The van der Waals surface area contributed by atoms with Crippen LogP contribution in [0.25, 0.3) is 0 Å². The number of hydrogen-bond acceptors (Lipinski definition) is 3. The first-order valence-electron chi connectivity index (χ1n) is 7.92. The fourth-order valence-electron chi connectivity index (χ4n) is 2.23. The van der Waals surface area contributed by atoms with Gasteiger partial charge >= 0.3 is 0 Å². The number of rotatable bonds is 6. The Hall–Kier alpha value is -1.88. The lowest BCUT2D eigenvalue weighted by atomic mass is 10.0. The maximum atomic E-state index is 12.5. The van der Waals surface area contributed by atoms with Gasteiger partial charge < -0.3 is 0 Å². The molecule has 4 nitrogen and oxygen atoms in total. The lowest BCUT2D eigenvalue weighted by Gasteiger charge is -2.12. The Morgan fingerprint density at radius 1 is 1.13 bits per heavy atom. The summed E-state index contributed by atoms with van der Waals surface area (Å²) < 4.78 is 27.5. The molecule has 0 aliphatic carbocycles. The molecule has 1 aromatic carbocycles. The molecule has 1 unspecified atom stereocenters. The van der Waals surface area contributed by atoms with Gasteiger partial charge in [-0.15, -0.1) is 0 Å². The Morgan fingerprint density at radius 2 is 1.87 bits per heavy atom. The van der Waals surface area contributed by atoms with Crippen molar-refractivity contribution < 1.29 is 9.84 Å². The third-order valence-electron chi connectivity index (χ3n) is 4.04. The molecule has 0 saturated heterocycles. The highest BCUT2D eigenvalue weighted by Crippen LogP contribution is 2.22. The molecule has 1 atom stereocenters. The zero-order valence-corrected chi connectivity index (χ0v) is 14.9. The molecule has 126 valence electrons. The summed E-state index contributed by atoms with van der Waals surface area (Å²) in [6, 6.07) is 10.6. The van der Waals surface area contributed by atoms with Crippen LogP contribution < -0.4 is 4.72 Å². The highest BCUT2D eigenvalue weighted by molar-refractivity contribution is 7.92. The zero-order valence-electron chi connectivity index (χ0n) is 14.1. The topological polar surface area (TPSA) is 59.1 Å². The van der Waals surface area contributed by atoms with Crippen LogP contribution in [0, 0.1) is 0 Å². The van der Waals surface area contributed by atoms with Gasteiger partial charge in [0.25, 0.3) is 10.0 Å². The van der Waals surface area contributed by atoms with E-state index >= 15 is 0 Å². The van der Waals surface area contributed by atoms with Crippen LogP contribution in [0.4, 0.5) is 5.82 Å². The van der Waals surface area contributed by atoms with Crippen LogP contribution in [-0.2, 0) is 10.0 Å². The Kier molecular flexibility index (Phi) is 5.42. The first kappa shape index (κ1) is 17.5. The minimum absolute atomic E-state index is 0.